The van der Waals surface area contributed by atoms with Gasteiger partial charge >= 0.3 is 0 Å². The molecule has 0 unspecified atom stereocenters. The Bertz CT molecular complexity index is 405. The number of carbonyl (C=O) groups excluding carboxylic acids is 1. The highest BCUT2D eigenvalue weighted by Gasteiger charge is 2.08. The van der Waals surface area contributed by atoms with Crippen molar-refractivity contribution in [3.8, 4) is 6.07 Å². The van der Waals surface area contributed by atoms with Crippen LogP contribution in [0.15, 0.2) is 12.4 Å². The molecular weight excluding hydrogens is 218 g/mol. The van der Waals surface area contributed by atoms with Gasteiger partial charge in [0, 0.05) is 13.1 Å². The van der Waals surface area contributed by atoms with Gasteiger partial charge < -0.3 is 10.2 Å². The monoisotopic (exact) mass is 233 g/mol. The zero-order valence-corrected chi connectivity index (χ0v) is 9.97. The minimum Gasteiger partial charge on any atom is -0.360 e. The molecule has 1 heterocycles. The number of nitrogens with zero attached hydrogens (tertiary/aromatic N) is 4. The molecular formula is C11H15N5O. The van der Waals surface area contributed by atoms with E-state index in [4.69, 9.17) is 5.26 Å². The van der Waals surface area contributed by atoms with Crippen molar-refractivity contribution >= 4 is 11.7 Å². The number of nitriles is 1. The van der Waals surface area contributed by atoms with E-state index in [0.717, 1.165) is 0 Å². The molecule has 6 heteroatoms. The summed E-state index contributed by atoms with van der Waals surface area (Å²) in [7, 11) is 0. The van der Waals surface area contributed by atoms with Gasteiger partial charge in [-0.05, 0) is 13.8 Å². The van der Waals surface area contributed by atoms with Gasteiger partial charge in [-0.2, -0.15) is 5.26 Å². The number of anilines is 1. The average molecular weight is 233 g/mol. The first kappa shape index (κ1) is 12.9. The van der Waals surface area contributed by atoms with Gasteiger partial charge in [0.2, 0.25) is 5.91 Å². The number of hydrogen-bond donors (Lipinski definition) is 1. The van der Waals surface area contributed by atoms with Crippen molar-refractivity contribution in [2.75, 3.05) is 25.0 Å². The van der Waals surface area contributed by atoms with Crippen molar-refractivity contribution < 1.29 is 4.79 Å². The van der Waals surface area contributed by atoms with Crippen molar-refractivity contribution in [1.82, 2.24) is 14.9 Å². The fraction of sp³-hybridized carbons (Fsp3) is 0.455. The van der Waals surface area contributed by atoms with Crippen LogP contribution in [0.2, 0.25) is 0 Å². The fourth-order valence-electron chi connectivity index (χ4n) is 1.33. The Hall–Kier alpha value is -2.16. The summed E-state index contributed by atoms with van der Waals surface area (Å²) < 4.78 is 0. The van der Waals surface area contributed by atoms with Crippen molar-refractivity contribution in [1.29, 1.82) is 5.26 Å². The first-order valence-corrected chi connectivity index (χ1v) is 5.45. The number of nitrogens with one attached hydrogen (secondary N) is 1. The quantitative estimate of drug-likeness (QED) is 0.806. The van der Waals surface area contributed by atoms with Gasteiger partial charge in [0.05, 0.1) is 18.9 Å². The van der Waals surface area contributed by atoms with Crippen molar-refractivity contribution in [3.05, 3.63) is 18.1 Å². The molecule has 0 aliphatic rings. The molecule has 0 atom stereocenters. The highest BCUT2D eigenvalue weighted by atomic mass is 16.2. The largest absolute Gasteiger partial charge is 0.360 e. The Kier molecular flexibility index (Phi) is 4.88. The molecule has 0 bridgehead atoms. The summed E-state index contributed by atoms with van der Waals surface area (Å²) in [6, 6.07) is 1.88. The van der Waals surface area contributed by atoms with Crippen molar-refractivity contribution in [3.63, 3.8) is 0 Å². The van der Waals surface area contributed by atoms with E-state index < -0.39 is 0 Å². The zero-order chi connectivity index (χ0) is 12.7. The summed E-state index contributed by atoms with van der Waals surface area (Å²) in [4.78, 5) is 21.2. The molecule has 0 saturated heterocycles. The Morgan fingerprint density at radius 3 is 2.59 bits per heavy atom. The van der Waals surface area contributed by atoms with Crippen LogP contribution in [0.4, 0.5) is 5.82 Å². The first-order chi connectivity index (χ1) is 8.21. The first-order valence-electron chi connectivity index (χ1n) is 5.45. The molecule has 0 saturated carbocycles. The van der Waals surface area contributed by atoms with Crippen LogP contribution < -0.4 is 5.32 Å². The smallest absolute Gasteiger partial charge is 0.241 e. The summed E-state index contributed by atoms with van der Waals surface area (Å²) in [6.07, 6.45) is 2.80. The minimum absolute atomic E-state index is 0.0150. The highest BCUT2D eigenvalue weighted by Crippen LogP contribution is 2.00. The molecule has 0 aliphatic carbocycles. The van der Waals surface area contributed by atoms with Crippen LogP contribution in [0, 0.1) is 11.3 Å². The lowest BCUT2D eigenvalue weighted by molar-refractivity contribution is -0.128. The number of aromatic nitrogens is 2. The number of carbonyl (C=O) groups is 1. The van der Waals surface area contributed by atoms with Crippen LogP contribution in [0.5, 0.6) is 0 Å². The maximum absolute atomic E-state index is 11.7. The van der Waals surface area contributed by atoms with Crippen LogP contribution in [0.1, 0.15) is 19.5 Å². The van der Waals surface area contributed by atoms with Crippen LogP contribution in [0.25, 0.3) is 0 Å². The third kappa shape index (κ3) is 3.72. The molecule has 0 aliphatic heterocycles. The van der Waals surface area contributed by atoms with Gasteiger partial charge in [-0.1, -0.05) is 0 Å². The molecule has 0 fully saturated rings. The molecule has 1 N–H and O–H groups in total. The molecule has 6 nitrogen and oxygen atoms in total. The molecule has 0 aromatic carbocycles. The molecule has 1 rings (SSSR count). The summed E-state index contributed by atoms with van der Waals surface area (Å²) in [6.45, 7) is 5.43. The summed E-state index contributed by atoms with van der Waals surface area (Å²) in [5, 5.41) is 11.4. The summed E-state index contributed by atoms with van der Waals surface area (Å²) in [5.41, 5.74) is 0.255. The number of hydrogen-bond acceptors (Lipinski definition) is 5. The molecule has 0 spiro atoms. The van der Waals surface area contributed by atoms with E-state index in [1.54, 1.807) is 4.90 Å². The lowest BCUT2D eigenvalue weighted by atomic mass is 10.4. The number of rotatable bonds is 5. The van der Waals surface area contributed by atoms with Crippen molar-refractivity contribution in [2.24, 2.45) is 0 Å². The van der Waals surface area contributed by atoms with Gasteiger partial charge in [0.15, 0.2) is 5.69 Å². The van der Waals surface area contributed by atoms with E-state index in [9.17, 15) is 4.79 Å². The third-order valence-corrected chi connectivity index (χ3v) is 2.30. The van der Waals surface area contributed by atoms with Crippen LogP contribution in [-0.4, -0.2) is 40.4 Å². The van der Waals surface area contributed by atoms with E-state index in [0.29, 0.717) is 18.9 Å². The number of likely N-dealkylation sites (N-methyl/N-ethyl adjacent to an activating group) is 1. The van der Waals surface area contributed by atoms with Crippen molar-refractivity contribution in [2.45, 2.75) is 13.8 Å². The second-order valence-electron chi connectivity index (χ2n) is 3.32. The molecule has 90 valence electrons. The second-order valence-corrected chi connectivity index (χ2v) is 3.32. The second kappa shape index (κ2) is 6.43. The standard InChI is InChI=1S/C11H15N5O/c1-3-16(4-2)11(17)8-15-10-7-13-9(5-12)6-14-10/h6-7H,3-4,8H2,1-2H3,(H,14,15). The Morgan fingerprint density at radius 2 is 2.12 bits per heavy atom. The van der Waals surface area contributed by atoms with E-state index in [1.807, 2.05) is 19.9 Å². The van der Waals surface area contributed by atoms with Gasteiger partial charge in [-0.3, -0.25) is 4.79 Å². The lowest BCUT2D eigenvalue weighted by Gasteiger charge is -2.18. The van der Waals surface area contributed by atoms with Gasteiger partial charge in [0.1, 0.15) is 11.9 Å². The maximum Gasteiger partial charge on any atom is 0.241 e. The summed E-state index contributed by atoms with van der Waals surface area (Å²) >= 11 is 0. The van der Waals surface area contributed by atoms with Crippen LogP contribution in [-0.2, 0) is 4.79 Å². The zero-order valence-electron chi connectivity index (χ0n) is 9.97. The molecule has 1 aromatic heterocycles. The highest BCUT2D eigenvalue weighted by molar-refractivity contribution is 5.80. The molecule has 0 radical (unpaired) electrons. The normalized spacial score (nSPS) is 9.47. The van der Waals surface area contributed by atoms with Gasteiger partial charge in [-0.25, -0.2) is 9.97 Å². The predicted octanol–water partition coefficient (Wildman–Crippen LogP) is 0.629. The van der Waals surface area contributed by atoms with Gasteiger partial charge in [-0.15, -0.1) is 0 Å². The van der Waals surface area contributed by atoms with Crippen LogP contribution in [0.3, 0.4) is 0 Å². The Labute approximate surface area is 100 Å². The molecule has 1 amide bonds. The predicted molar refractivity (Wildman–Crippen MR) is 63.2 cm³/mol. The third-order valence-electron chi connectivity index (χ3n) is 2.30. The SMILES string of the molecule is CCN(CC)C(=O)CNc1cnc(C#N)cn1. The average Bonchev–Trinajstić information content (AvgIpc) is 2.38. The molecule has 1 aromatic rings. The van der Waals surface area contributed by atoms with E-state index in [1.165, 1.54) is 12.4 Å². The maximum atomic E-state index is 11.7. The minimum atomic E-state index is 0.0150. The topological polar surface area (TPSA) is 81.9 Å². The van der Waals surface area contributed by atoms with Crippen LogP contribution >= 0.6 is 0 Å². The Morgan fingerprint density at radius 1 is 1.41 bits per heavy atom. The van der Waals surface area contributed by atoms with E-state index in [2.05, 4.69) is 15.3 Å². The van der Waals surface area contributed by atoms with E-state index >= 15 is 0 Å². The van der Waals surface area contributed by atoms with Gasteiger partial charge in [0.25, 0.3) is 0 Å². The molecule has 17 heavy (non-hydrogen) atoms. The number of amides is 1. The Balaban J connectivity index is 2.50. The summed E-state index contributed by atoms with van der Waals surface area (Å²) in [5.74, 6) is 0.505. The fourth-order valence-corrected chi connectivity index (χ4v) is 1.33. The lowest BCUT2D eigenvalue weighted by Crippen LogP contribution is -2.35. The van der Waals surface area contributed by atoms with E-state index in [-0.39, 0.29) is 18.1 Å².